The van der Waals surface area contributed by atoms with Crippen LogP contribution in [0, 0.1) is 6.92 Å². The number of aromatic nitrogens is 1. The molecule has 0 radical (unpaired) electrons. The second-order valence-corrected chi connectivity index (χ2v) is 6.82. The number of halogens is 1. The van der Waals surface area contributed by atoms with Gasteiger partial charge in [-0.3, -0.25) is 4.99 Å². The van der Waals surface area contributed by atoms with E-state index in [2.05, 4.69) is 58.9 Å². The maximum Gasteiger partial charge on any atom is 0.191 e. The maximum absolute atomic E-state index is 5.81. The second-order valence-electron chi connectivity index (χ2n) is 6.82. The van der Waals surface area contributed by atoms with Crippen molar-refractivity contribution in [1.82, 2.24) is 15.6 Å². The fourth-order valence-corrected chi connectivity index (χ4v) is 3.35. The molecule has 25 heavy (non-hydrogen) atoms. The number of ether oxygens (including phenoxy) is 1. The van der Waals surface area contributed by atoms with Crippen LogP contribution < -0.4 is 10.6 Å². The van der Waals surface area contributed by atoms with E-state index in [1.165, 1.54) is 22.0 Å². The summed E-state index contributed by atoms with van der Waals surface area (Å²) in [6.07, 6.45) is 5.32. The molecule has 2 heterocycles. The van der Waals surface area contributed by atoms with Gasteiger partial charge in [0, 0.05) is 43.8 Å². The van der Waals surface area contributed by atoms with E-state index in [1.54, 1.807) is 0 Å². The van der Waals surface area contributed by atoms with Gasteiger partial charge in [-0.15, -0.1) is 24.0 Å². The fourth-order valence-electron chi connectivity index (χ4n) is 3.35. The Balaban J connectivity index is 0.00000225. The quantitative estimate of drug-likeness (QED) is 0.368. The number of aromatic amines is 1. The molecule has 0 aliphatic carbocycles. The molecule has 1 fully saturated rings. The number of H-pyrrole nitrogens is 1. The molecule has 0 saturated carbocycles. The summed E-state index contributed by atoms with van der Waals surface area (Å²) in [5.74, 6) is 0.836. The number of rotatable bonds is 5. The zero-order valence-electron chi connectivity index (χ0n) is 15.3. The first-order valence-corrected chi connectivity index (χ1v) is 8.75. The SMILES string of the molecule is CN=C(NCCc1c[nH]c2c(C)cccc12)NCC1(C)CCCO1.I. The third-order valence-corrected chi connectivity index (χ3v) is 4.85. The minimum Gasteiger partial charge on any atom is -0.373 e. The maximum atomic E-state index is 5.81. The summed E-state index contributed by atoms with van der Waals surface area (Å²) in [5.41, 5.74) is 3.80. The molecule has 0 spiro atoms. The van der Waals surface area contributed by atoms with Crippen LogP contribution in [0.15, 0.2) is 29.4 Å². The molecule has 1 atom stereocenters. The Kier molecular flexibility index (Phi) is 7.13. The van der Waals surface area contributed by atoms with Gasteiger partial charge >= 0.3 is 0 Å². The Morgan fingerprint density at radius 2 is 2.20 bits per heavy atom. The number of benzene rings is 1. The van der Waals surface area contributed by atoms with Gasteiger partial charge in [0.25, 0.3) is 0 Å². The van der Waals surface area contributed by atoms with E-state index >= 15 is 0 Å². The van der Waals surface area contributed by atoms with E-state index in [-0.39, 0.29) is 29.6 Å². The lowest BCUT2D eigenvalue weighted by molar-refractivity contribution is 0.0243. The Bertz CT molecular complexity index is 719. The predicted molar refractivity (Wildman–Crippen MR) is 115 cm³/mol. The summed E-state index contributed by atoms with van der Waals surface area (Å²) >= 11 is 0. The molecule has 5 nitrogen and oxygen atoms in total. The molecule has 1 unspecified atom stereocenters. The van der Waals surface area contributed by atoms with Crippen molar-refractivity contribution in [3.8, 4) is 0 Å². The van der Waals surface area contributed by atoms with Gasteiger partial charge in [-0.2, -0.15) is 0 Å². The van der Waals surface area contributed by atoms with E-state index < -0.39 is 0 Å². The number of hydrogen-bond acceptors (Lipinski definition) is 2. The van der Waals surface area contributed by atoms with E-state index in [1.807, 2.05) is 7.05 Å². The Labute approximate surface area is 167 Å². The van der Waals surface area contributed by atoms with Crippen LogP contribution in [0.3, 0.4) is 0 Å². The zero-order valence-corrected chi connectivity index (χ0v) is 17.6. The summed E-state index contributed by atoms with van der Waals surface area (Å²) in [4.78, 5) is 7.69. The van der Waals surface area contributed by atoms with Gasteiger partial charge in [0.2, 0.25) is 0 Å². The summed E-state index contributed by atoms with van der Waals surface area (Å²) < 4.78 is 5.81. The van der Waals surface area contributed by atoms with Crippen molar-refractivity contribution in [3.05, 3.63) is 35.5 Å². The number of aryl methyl sites for hydroxylation is 1. The average Bonchev–Trinajstić information content (AvgIpc) is 3.19. The lowest BCUT2D eigenvalue weighted by Gasteiger charge is -2.24. The molecule has 1 aliphatic rings. The summed E-state index contributed by atoms with van der Waals surface area (Å²) in [5, 5.41) is 8.09. The second kappa shape index (κ2) is 8.89. The van der Waals surface area contributed by atoms with Gasteiger partial charge in [-0.25, -0.2) is 0 Å². The molecule has 6 heteroatoms. The molecule has 3 rings (SSSR count). The topological polar surface area (TPSA) is 61.4 Å². The van der Waals surface area contributed by atoms with Crippen LogP contribution in [0.5, 0.6) is 0 Å². The minimum absolute atomic E-state index is 0. The van der Waals surface area contributed by atoms with Crippen LogP contribution in [0.25, 0.3) is 10.9 Å². The lowest BCUT2D eigenvalue weighted by atomic mass is 10.0. The average molecular weight is 456 g/mol. The van der Waals surface area contributed by atoms with E-state index in [0.717, 1.165) is 44.9 Å². The van der Waals surface area contributed by atoms with Crippen LogP contribution in [0.1, 0.15) is 30.9 Å². The highest BCUT2D eigenvalue weighted by Gasteiger charge is 2.29. The van der Waals surface area contributed by atoms with E-state index in [9.17, 15) is 0 Å². The van der Waals surface area contributed by atoms with Gasteiger partial charge in [0.05, 0.1) is 5.60 Å². The molecule has 1 aliphatic heterocycles. The molecule has 0 bridgehead atoms. The molecule has 3 N–H and O–H groups in total. The molecular weight excluding hydrogens is 427 g/mol. The molecule has 1 saturated heterocycles. The van der Waals surface area contributed by atoms with Crippen molar-refractivity contribution in [1.29, 1.82) is 0 Å². The first-order valence-electron chi connectivity index (χ1n) is 8.75. The molecule has 1 aromatic heterocycles. The largest absolute Gasteiger partial charge is 0.373 e. The van der Waals surface area contributed by atoms with E-state index in [0.29, 0.717) is 0 Å². The van der Waals surface area contributed by atoms with Crippen LogP contribution in [0.4, 0.5) is 0 Å². The van der Waals surface area contributed by atoms with Crippen LogP contribution in [0.2, 0.25) is 0 Å². The number of hydrogen-bond donors (Lipinski definition) is 3. The van der Waals surface area contributed by atoms with Gasteiger partial charge in [-0.05, 0) is 44.2 Å². The third-order valence-electron chi connectivity index (χ3n) is 4.85. The van der Waals surface area contributed by atoms with E-state index in [4.69, 9.17) is 4.74 Å². The van der Waals surface area contributed by atoms with Crippen molar-refractivity contribution in [2.75, 3.05) is 26.7 Å². The number of fused-ring (bicyclic) bond motifs is 1. The molecule has 1 aromatic carbocycles. The highest BCUT2D eigenvalue weighted by molar-refractivity contribution is 14.0. The number of nitrogens with zero attached hydrogens (tertiary/aromatic N) is 1. The number of para-hydroxylation sites is 1. The number of guanidine groups is 1. The predicted octanol–water partition coefficient (Wildman–Crippen LogP) is 3.37. The van der Waals surface area contributed by atoms with Crippen molar-refractivity contribution >= 4 is 40.8 Å². The number of nitrogens with one attached hydrogen (secondary N) is 3. The van der Waals surface area contributed by atoms with Gasteiger partial charge in [-0.1, -0.05) is 18.2 Å². The van der Waals surface area contributed by atoms with Crippen LogP contribution in [-0.4, -0.2) is 43.3 Å². The Morgan fingerprint density at radius 1 is 1.36 bits per heavy atom. The van der Waals surface area contributed by atoms with Crippen molar-refractivity contribution in [2.24, 2.45) is 4.99 Å². The normalized spacial score (nSPS) is 20.5. The fraction of sp³-hybridized carbons (Fsp3) is 0.526. The molecule has 0 amide bonds. The Morgan fingerprint density at radius 3 is 2.92 bits per heavy atom. The van der Waals surface area contributed by atoms with Crippen molar-refractivity contribution in [3.63, 3.8) is 0 Å². The summed E-state index contributed by atoms with van der Waals surface area (Å²) in [7, 11) is 1.81. The highest BCUT2D eigenvalue weighted by atomic mass is 127. The smallest absolute Gasteiger partial charge is 0.191 e. The van der Waals surface area contributed by atoms with Crippen molar-refractivity contribution < 1.29 is 4.74 Å². The standard InChI is InChI=1S/C19H28N4O.HI/c1-14-6-4-7-16-15(12-22-17(14)16)8-10-21-18(20-3)23-13-19(2)9-5-11-24-19;/h4,6-7,12,22H,5,8-11,13H2,1-3H3,(H2,20,21,23);1H. The highest BCUT2D eigenvalue weighted by Crippen LogP contribution is 2.24. The van der Waals surface area contributed by atoms with Gasteiger partial charge in [0.15, 0.2) is 5.96 Å². The third kappa shape index (κ3) is 4.88. The van der Waals surface area contributed by atoms with Crippen LogP contribution >= 0.6 is 24.0 Å². The molecule has 2 aromatic rings. The molecule has 138 valence electrons. The lowest BCUT2D eigenvalue weighted by Crippen LogP contribution is -2.45. The van der Waals surface area contributed by atoms with Gasteiger partial charge in [0.1, 0.15) is 0 Å². The molecular formula is C19H29IN4O. The Hall–Kier alpha value is -1.28. The first kappa shape index (κ1) is 20.0. The first-order chi connectivity index (χ1) is 11.6. The van der Waals surface area contributed by atoms with Crippen molar-refractivity contribution in [2.45, 2.75) is 38.7 Å². The monoisotopic (exact) mass is 456 g/mol. The summed E-state index contributed by atoms with van der Waals surface area (Å²) in [6.45, 7) is 6.80. The minimum atomic E-state index is -0.0635. The van der Waals surface area contributed by atoms with Crippen LogP contribution in [-0.2, 0) is 11.2 Å². The van der Waals surface area contributed by atoms with Gasteiger partial charge < -0.3 is 20.4 Å². The number of aliphatic imine (C=N–C) groups is 1. The summed E-state index contributed by atoms with van der Waals surface area (Å²) in [6, 6.07) is 6.43. The zero-order chi connectivity index (χ0) is 17.0.